The molecule has 100 valence electrons. The number of H-pyrrole nitrogens is 1. The van der Waals surface area contributed by atoms with Gasteiger partial charge in [0.25, 0.3) is 0 Å². The maximum Gasteiger partial charge on any atom is 0.417 e. The summed E-state index contributed by atoms with van der Waals surface area (Å²) in [5, 5.41) is 2.94. The number of carbonyl (C=O) groups is 1. The third kappa shape index (κ3) is 2.54. The Labute approximate surface area is 110 Å². The molecule has 0 radical (unpaired) electrons. The molecule has 1 amide bonds. The van der Waals surface area contributed by atoms with Gasteiger partial charge >= 0.3 is 5.76 Å². The van der Waals surface area contributed by atoms with E-state index >= 15 is 0 Å². The van der Waals surface area contributed by atoms with Gasteiger partial charge in [0.15, 0.2) is 5.58 Å². The van der Waals surface area contributed by atoms with Gasteiger partial charge in [-0.2, -0.15) is 0 Å². The van der Waals surface area contributed by atoms with Gasteiger partial charge in [-0.25, -0.2) is 4.79 Å². The molecule has 19 heavy (non-hydrogen) atoms. The number of fused-ring (bicyclic) bond motifs is 1. The number of aromatic amines is 1. The van der Waals surface area contributed by atoms with Crippen molar-refractivity contribution in [3.8, 4) is 0 Å². The van der Waals surface area contributed by atoms with Crippen LogP contribution in [0, 0.1) is 5.92 Å². The first-order chi connectivity index (χ1) is 9.22. The van der Waals surface area contributed by atoms with E-state index in [2.05, 4.69) is 10.3 Å². The van der Waals surface area contributed by atoms with Crippen LogP contribution in [-0.4, -0.2) is 10.9 Å². The average Bonchev–Trinajstić information content (AvgIpc) is 3.03. The molecule has 0 unspecified atom stereocenters. The normalized spacial score (nSPS) is 16.0. The fourth-order valence-electron chi connectivity index (χ4n) is 2.62. The van der Waals surface area contributed by atoms with Crippen molar-refractivity contribution in [2.24, 2.45) is 5.92 Å². The first kappa shape index (κ1) is 12.0. The van der Waals surface area contributed by atoms with Crippen molar-refractivity contribution in [1.29, 1.82) is 0 Å². The van der Waals surface area contributed by atoms with E-state index in [0.29, 0.717) is 17.6 Å². The second-order valence-electron chi connectivity index (χ2n) is 5.04. The highest BCUT2D eigenvalue weighted by atomic mass is 16.4. The molecule has 0 atom stereocenters. The zero-order valence-electron chi connectivity index (χ0n) is 10.6. The first-order valence-corrected chi connectivity index (χ1v) is 6.62. The van der Waals surface area contributed by atoms with E-state index in [0.717, 1.165) is 31.2 Å². The number of hydrogen-bond donors (Lipinski definition) is 2. The van der Waals surface area contributed by atoms with Crippen molar-refractivity contribution in [3.05, 3.63) is 34.3 Å². The van der Waals surface area contributed by atoms with Crippen LogP contribution in [0.4, 0.5) is 0 Å². The lowest BCUT2D eigenvalue weighted by atomic mass is 10.1. The van der Waals surface area contributed by atoms with Crippen LogP contribution < -0.4 is 11.1 Å². The van der Waals surface area contributed by atoms with Crippen molar-refractivity contribution in [2.45, 2.75) is 32.2 Å². The van der Waals surface area contributed by atoms with Crippen LogP contribution in [0.1, 0.15) is 31.2 Å². The molecule has 0 bridgehead atoms. The summed E-state index contributed by atoms with van der Waals surface area (Å²) < 4.78 is 4.99. The third-order valence-corrected chi connectivity index (χ3v) is 3.68. The Balaban J connectivity index is 1.67. The van der Waals surface area contributed by atoms with E-state index in [4.69, 9.17) is 4.42 Å². The topological polar surface area (TPSA) is 75.1 Å². The largest absolute Gasteiger partial charge is 0.417 e. The van der Waals surface area contributed by atoms with Crippen LogP contribution >= 0.6 is 0 Å². The van der Waals surface area contributed by atoms with Crippen molar-refractivity contribution < 1.29 is 9.21 Å². The number of oxazole rings is 1. The first-order valence-electron chi connectivity index (χ1n) is 6.62. The van der Waals surface area contributed by atoms with E-state index in [-0.39, 0.29) is 11.8 Å². The monoisotopic (exact) mass is 260 g/mol. The van der Waals surface area contributed by atoms with E-state index in [1.165, 1.54) is 0 Å². The number of amides is 1. The molecule has 1 heterocycles. The highest BCUT2D eigenvalue weighted by Crippen LogP contribution is 2.24. The molecule has 0 spiro atoms. The molecule has 1 saturated carbocycles. The van der Waals surface area contributed by atoms with Crippen LogP contribution in [-0.2, 0) is 11.3 Å². The molecule has 1 aliphatic rings. The summed E-state index contributed by atoms with van der Waals surface area (Å²) in [5.41, 5.74) is 2.13. The molecule has 2 aromatic rings. The van der Waals surface area contributed by atoms with E-state index in [1.54, 1.807) is 12.1 Å². The van der Waals surface area contributed by atoms with E-state index in [1.807, 2.05) is 6.07 Å². The lowest BCUT2D eigenvalue weighted by Gasteiger charge is -2.10. The fourth-order valence-corrected chi connectivity index (χ4v) is 2.62. The Morgan fingerprint density at radius 3 is 2.95 bits per heavy atom. The molecule has 0 aliphatic heterocycles. The number of benzene rings is 1. The van der Waals surface area contributed by atoms with Gasteiger partial charge in [0, 0.05) is 12.5 Å². The van der Waals surface area contributed by atoms with Gasteiger partial charge in [-0.05, 0) is 30.5 Å². The standard InChI is InChI=1S/C14H16N2O3/c17-13(10-3-1-2-4-10)15-8-9-5-6-11-12(7-9)19-14(18)16-11/h5-7,10H,1-4,8H2,(H,15,17)(H,16,18). The predicted molar refractivity (Wildman–Crippen MR) is 70.6 cm³/mol. The Morgan fingerprint density at radius 1 is 1.37 bits per heavy atom. The minimum Gasteiger partial charge on any atom is -0.408 e. The molecule has 1 aliphatic carbocycles. The molecule has 0 saturated heterocycles. The van der Waals surface area contributed by atoms with Crippen LogP contribution in [0.2, 0.25) is 0 Å². The van der Waals surface area contributed by atoms with Crippen LogP contribution in [0.5, 0.6) is 0 Å². The van der Waals surface area contributed by atoms with Crippen molar-refractivity contribution in [3.63, 3.8) is 0 Å². The number of aromatic nitrogens is 1. The van der Waals surface area contributed by atoms with Crippen molar-refractivity contribution in [1.82, 2.24) is 10.3 Å². The average molecular weight is 260 g/mol. The highest BCUT2D eigenvalue weighted by molar-refractivity contribution is 5.79. The van der Waals surface area contributed by atoms with Gasteiger partial charge in [-0.3, -0.25) is 9.78 Å². The summed E-state index contributed by atoms with van der Waals surface area (Å²) in [5.74, 6) is -0.149. The molecule has 1 fully saturated rings. The summed E-state index contributed by atoms with van der Waals surface area (Å²) in [4.78, 5) is 25.5. The highest BCUT2D eigenvalue weighted by Gasteiger charge is 2.22. The summed E-state index contributed by atoms with van der Waals surface area (Å²) in [6.07, 6.45) is 4.30. The number of rotatable bonds is 3. The number of hydrogen-bond acceptors (Lipinski definition) is 3. The zero-order chi connectivity index (χ0) is 13.2. The smallest absolute Gasteiger partial charge is 0.408 e. The van der Waals surface area contributed by atoms with Gasteiger partial charge in [-0.1, -0.05) is 18.9 Å². The molecular weight excluding hydrogens is 244 g/mol. The van der Waals surface area contributed by atoms with Crippen molar-refractivity contribution in [2.75, 3.05) is 0 Å². The zero-order valence-corrected chi connectivity index (χ0v) is 10.6. The quantitative estimate of drug-likeness (QED) is 0.885. The second-order valence-corrected chi connectivity index (χ2v) is 5.04. The Hall–Kier alpha value is -2.04. The van der Waals surface area contributed by atoms with E-state index in [9.17, 15) is 9.59 Å². The van der Waals surface area contributed by atoms with Gasteiger partial charge < -0.3 is 9.73 Å². The van der Waals surface area contributed by atoms with Gasteiger partial charge in [0.2, 0.25) is 5.91 Å². The van der Waals surface area contributed by atoms with Gasteiger partial charge in [0.05, 0.1) is 5.52 Å². The molecule has 5 nitrogen and oxygen atoms in total. The molecule has 2 N–H and O–H groups in total. The molecule has 1 aromatic heterocycles. The lowest BCUT2D eigenvalue weighted by Crippen LogP contribution is -2.28. The molecule has 3 rings (SSSR count). The minimum absolute atomic E-state index is 0.133. The summed E-state index contributed by atoms with van der Waals surface area (Å²) in [7, 11) is 0. The Morgan fingerprint density at radius 2 is 2.16 bits per heavy atom. The third-order valence-electron chi connectivity index (χ3n) is 3.68. The van der Waals surface area contributed by atoms with Crippen LogP contribution in [0.3, 0.4) is 0 Å². The SMILES string of the molecule is O=C(NCc1ccc2[nH]c(=O)oc2c1)C1CCCC1. The Bertz CT molecular complexity index is 650. The maximum atomic E-state index is 11.9. The summed E-state index contributed by atoms with van der Waals surface area (Å²) >= 11 is 0. The van der Waals surface area contributed by atoms with Gasteiger partial charge in [-0.15, -0.1) is 0 Å². The minimum atomic E-state index is -0.456. The second kappa shape index (κ2) is 4.91. The lowest BCUT2D eigenvalue weighted by molar-refractivity contribution is -0.124. The number of nitrogens with one attached hydrogen (secondary N) is 2. The van der Waals surface area contributed by atoms with Crippen molar-refractivity contribution >= 4 is 17.0 Å². The fraction of sp³-hybridized carbons (Fsp3) is 0.429. The van der Waals surface area contributed by atoms with E-state index < -0.39 is 5.76 Å². The summed E-state index contributed by atoms with van der Waals surface area (Å²) in [6.45, 7) is 0.472. The molecule has 5 heteroatoms. The Kier molecular flexibility index (Phi) is 3.11. The molecular formula is C14H16N2O3. The predicted octanol–water partition coefficient (Wildman–Crippen LogP) is 1.93. The number of carbonyl (C=O) groups excluding carboxylic acids is 1. The maximum absolute atomic E-state index is 11.9. The van der Waals surface area contributed by atoms with Crippen LogP contribution in [0.25, 0.3) is 11.1 Å². The summed E-state index contributed by atoms with van der Waals surface area (Å²) in [6, 6.07) is 5.45. The molecule has 1 aromatic carbocycles. The van der Waals surface area contributed by atoms with Crippen LogP contribution in [0.15, 0.2) is 27.4 Å². The van der Waals surface area contributed by atoms with Gasteiger partial charge in [0.1, 0.15) is 0 Å².